The second-order valence-corrected chi connectivity index (χ2v) is 6.68. The number of fused-ring (bicyclic) bond motifs is 1. The second-order valence-electron chi connectivity index (χ2n) is 6.25. The molecule has 4 rings (SSSR count). The summed E-state index contributed by atoms with van der Waals surface area (Å²) in [5, 5.41) is 13.8. The minimum Gasteiger partial charge on any atom is -0.507 e. The molecule has 0 aliphatic heterocycles. The molecule has 0 radical (unpaired) electrons. The summed E-state index contributed by atoms with van der Waals surface area (Å²) in [7, 11) is 0. The van der Waals surface area contributed by atoms with Gasteiger partial charge in [0.1, 0.15) is 5.75 Å². The predicted molar refractivity (Wildman–Crippen MR) is 109 cm³/mol. The zero-order valence-electron chi connectivity index (χ0n) is 14.6. The number of halogens is 1. The fraction of sp³-hybridized carbons (Fsp3) is 0. The van der Waals surface area contributed by atoms with Gasteiger partial charge in [0.25, 0.3) is 11.8 Å². The van der Waals surface area contributed by atoms with E-state index in [-0.39, 0.29) is 17.2 Å². The minimum absolute atomic E-state index is 0.0725. The number of carbonyl (C=O) groups excluding carboxylic acids is 2. The molecule has 6 heteroatoms. The van der Waals surface area contributed by atoms with Crippen LogP contribution in [0.3, 0.4) is 0 Å². The highest BCUT2D eigenvalue weighted by atomic mass is 35.5. The van der Waals surface area contributed by atoms with Crippen molar-refractivity contribution in [3.05, 3.63) is 95.1 Å². The number of phenols is 1. The van der Waals surface area contributed by atoms with Crippen molar-refractivity contribution in [3.8, 4) is 5.75 Å². The van der Waals surface area contributed by atoms with Crippen molar-refractivity contribution in [2.45, 2.75) is 0 Å². The minimum atomic E-state index is -0.494. The Balaban J connectivity index is 1.67. The number of nitrogens with zero attached hydrogens (tertiary/aromatic N) is 1. The third-order valence-corrected chi connectivity index (χ3v) is 4.63. The molecular formula is C22H15ClN2O3. The van der Waals surface area contributed by atoms with Gasteiger partial charge in [-0.15, -0.1) is 0 Å². The number of hydrogen-bond acceptors (Lipinski definition) is 3. The van der Waals surface area contributed by atoms with Gasteiger partial charge in [-0.2, -0.15) is 0 Å². The number of rotatable bonds is 3. The summed E-state index contributed by atoms with van der Waals surface area (Å²) in [6.07, 6.45) is 1.70. The molecule has 0 aliphatic rings. The van der Waals surface area contributed by atoms with Gasteiger partial charge in [0.15, 0.2) is 0 Å². The molecule has 28 heavy (non-hydrogen) atoms. The Morgan fingerprint density at radius 2 is 1.71 bits per heavy atom. The van der Waals surface area contributed by atoms with E-state index < -0.39 is 5.91 Å². The standard InChI is InChI=1S/C22H15ClN2O3/c23-16-7-9-20(26)18(12-16)21(27)24-17-8-6-14-10-11-25(19(14)13-17)22(28)15-4-2-1-3-5-15/h1-13,26H,(H,24,27). The Morgan fingerprint density at radius 1 is 0.929 bits per heavy atom. The fourth-order valence-electron chi connectivity index (χ4n) is 2.99. The van der Waals surface area contributed by atoms with Crippen molar-refractivity contribution in [1.29, 1.82) is 0 Å². The van der Waals surface area contributed by atoms with Crippen LogP contribution in [0.25, 0.3) is 10.9 Å². The van der Waals surface area contributed by atoms with Gasteiger partial charge >= 0.3 is 0 Å². The summed E-state index contributed by atoms with van der Waals surface area (Å²) < 4.78 is 1.54. The van der Waals surface area contributed by atoms with E-state index >= 15 is 0 Å². The van der Waals surface area contributed by atoms with Crippen LogP contribution < -0.4 is 5.32 Å². The molecule has 1 aromatic heterocycles. The first-order valence-corrected chi connectivity index (χ1v) is 8.91. The van der Waals surface area contributed by atoms with Crippen LogP contribution in [-0.4, -0.2) is 21.5 Å². The second kappa shape index (κ2) is 7.21. The van der Waals surface area contributed by atoms with E-state index in [0.29, 0.717) is 21.8 Å². The van der Waals surface area contributed by atoms with E-state index in [0.717, 1.165) is 5.39 Å². The molecule has 0 saturated carbocycles. The van der Waals surface area contributed by atoms with Crippen LogP contribution >= 0.6 is 11.6 Å². The van der Waals surface area contributed by atoms with Crippen molar-refractivity contribution in [2.75, 3.05) is 5.32 Å². The number of nitrogens with one attached hydrogen (secondary N) is 1. The maximum absolute atomic E-state index is 12.8. The van der Waals surface area contributed by atoms with Crippen LogP contribution in [0.2, 0.25) is 5.02 Å². The average Bonchev–Trinajstić information content (AvgIpc) is 3.13. The number of aromatic nitrogens is 1. The van der Waals surface area contributed by atoms with Gasteiger partial charge in [0.05, 0.1) is 11.1 Å². The first-order chi connectivity index (χ1) is 13.5. The Morgan fingerprint density at radius 3 is 2.50 bits per heavy atom. The van der Waals surface area contributed by atoms with Crippen molar-refractivity contribution >= 4 is 40.0 Å². The molecule has 0 atom stereocenters. The first-order valence-electron chi connectivity index (χ1n) is 8.54. The summed E-state index contributed by atoms with van der Waals surface area (Å²) in [5.41, 5.74) is 1.81. The molecule has 0 fully saturated rings. The number of benzene rings is 3. The zero-order chi connectivity index (χ0) is 19.7. The van der Waals surface area contributed by atoms with Crippen LogP contribution in [0.4, 0.5) is 5.69 Å². The summed E-state index contributed by atoms with van der Waals surface area (Å²) in [6, 6.07) is 20.3. The SMILES string of the molecule is O=C(Nc1ccc2ccn(C(=O)c3ccccc3)c2c1)c1cc(Cl)ccc1O. The van der Waals surface area contributed by atoms with Gasteiger partial charge in [0.2, 0.25) is 0 Å². The molecule has 2 N–H and O–H groups in total. The van der Waals surface area contributed by atoms with Crippen molar-refractivity contribution < 1.29 is 14.7 Å². The molecule has 4 aromatic rings. The van der Waals surface area contributed by atoms with E-state index in [9.17, 15) is 14.7 Å². The van der Waals surface area contributed by atoms with Gasteiger partial charge in [-0.3, -0.25) is 14.2 Å². The van der Waals surface area contributed by atoms with Crippen LogP contribution in [0.5, 0.6) is 5.75 Å². The largest absolute Gasteiger partial charge is 0.507 e. The Labute approximate surface area is 165 Å². The molecule has 0 unspecified atom stereocenters. The molecule has 5 nitrogen and oxygen atoms in total. The molecule has 1 amide bonds. The van der Waals surface area contributed by atoms with Gasteiger partial charge in [-0.05, 0) is 48.5 Å². The van der Waals surface area contributed by atoms with E-state index in [1.165, 1.54) is 22.8 Å². The lowest BCUT2D eigenvalue weighted by Gasteiger charge is -2.09. The van der Waals surface area contributed by atoms with Crippen molar-refractivity contribution in [3.63, 3.8) is 0 Å². The number of aromatic hydroxyl groups is 1. The lowest BCUT2D eigenvalue weighted by atomic mass is 10.1. The van der Waals surface area contributed by atoms with Gasteiger partial charge in [-0.1, -0.05) is 35.9 Å². The van der Waals surface area contributed by atoms with Crippen LogP contribution in [0, 0.1) is 0 Å². The lowest BCUT2D eigenvalue weighted by Crippen LogP contribution is -2.13. The highest BCUT2D eigenvalue weighted by Crippen LogP contribution is 2.25. The Kier molecular flexibility index (Phi) is 4.59. The fourth-order valence-corrected chi connectivity index (χ4v) is 3.16. The molecule has 138 valence electrons. The third kappa shape index (κ3) is 3.35. The molecule has 3 aromatic carbocycles. The van der Waals surface area contributed by atoms with Crippen molar-refractivity contribution in [1.82, 2.24) is 4.57 Å². The highest BCUT2D eigenvalue weighted by molar-refractivity contribution is 6.31. The summed E-state index contributed by atoms with van der Waals surface area (Å²) in [4.78, 5) is 25.3. The van der Waals surface area contributed by atoms with Crippen molar-refractivity contribution in [2.24, 2.45) is 0 Å². The van der Waals surface area contributed by atoms with Crippen LogP contribution in [0.1, 0.15) is 20.7 Å². The molecule has 0 saturated heterocycles. The van der Waals surface area contributed by atoms with Crippen LogP contribution in [0.15, 0.2) is 79.0 Å². The third-order valence-electron chi connectivity index (χ3n) is 4.39. The maximum Gasteiger partial charge on any atom is 0.262 e. The number of amides is 1. The first kappa shape index (κ1) is 17.8. The zero-order valence-corrected chi connectivity index (χ0v) is 15.4. The highest BCUT2D eigenvalue weighted by Gasteiger charge is 2.14. The number of anilines is 1. The molecular weight excluding hydrogens is 376 g/mol. The predicted octanol–water partition coefficient (Wildman–Crippen LogP) is 4.94. The van der Waals surface area contributed by atoms with E-state index in [1.807, 2.05) is 30.3 Å². The molecule has 1 heterocycles. The maximum atomic E-state index is 12.8. The molecule has 0 spiro atoms. The number of hydrogen-bond donors (Lipinski definition) is 2. The summed E-state index contributed by atoms with van der Waals surface area (Å²) >= 11 is 5.91. The number of carbonyl (C=O) groups is 2. The lowest BCUT2D eigenvalue weighted by molar-refractivity contribution is 0.0964. The normalized spacial score (nSPS) is 10.8. The number of phenolic OH excluding ortho intramolecular Hbond substituents is 1. The van der Waals surface area contributed by atoms with Gasteiger partial charge < -0.3 is 10.4 Å². The van der Waals surface area contributed by atoms with Crippen LogP contribution in [-0.2, 0) is 0 Å². The Bertz CT molecular complexity index is 1200. The van der Waals surface area contributed by atoms with E-state index in [1.54, 1.807) is 30.5 Å². The smallest absolute Gasteiger partial charge is 0.262 e. The van der Waals surface area contributed by atoms with E-state index in [4.69, 9.17) is 11.6 Å². The molecule has 0 aliphatic carbocycles. The summed E-state index contributed by atoms with van der Waals surface area (Å²) in [6.45, 7) is 0. The Hall–Kier alpha value is -3.57. The van der Waals surface area contributed by atoms with Gasteiger partial charge in [-0.25, -0.2) is 0 Å². The average molecular weight is 391 g/mol. The monoisotopic (exact) mass is 390 g/mol. The topological polar surface area (TPSA) is 71.3 Å². The molecule has 0 bridgehead atoms. The quantitative estimate of drug-likeness (QED) is 0.520. The summed E-state index contributed by atoms with van der Waals surface area (Å²) in [5.74, 6) is -0.816. The van der Waals surface area contributed by atoms with E-state index in [2.05, 4.69) is 5.32 Å². The van der Waals surface area contributed by atoms with Gasteiger partial charge in [0, 0.05) is 27.9 Å².